The Morgan fingerprint density at radius 3 is 2.94 bits per heavy atom. The highest BCUT2D eigenvalue weighted by molar-refractivity contribution is 7.09. The van der Waals surface area contributed by atoms with E-state index in [9.17, 15) is 0 Å². The number of furan rings is 1. The molecule has 0 saturated heterocycles. The van der Waals surface area contributed by atoms with Crippen LogP contribution < -0.4 is 0 Å². The monoisotopic (exact) mass is 262 g/mol. The van der Waals surface area contributed by atoms with Gasteiger partial charge in [-0.2, -0.15) is 0 Å². The molecule has 3 rings (SSSR count). The highest BCUT2D eigenvalue weighted by Crippen LogP contribution is 2.30. The Bertz CT molecular complexity index is 488. The average Bonchev–Trinajstić information content (AvgIpc) is 2.92. The molecule has 0 N–H and O–H groups in total. The summed E-state index contributed by atoms with van der Waals surface area (Å²) in [5, 5.41) is 3.43. The molecule has 2 heterocycles. The van der Waals surface area contributed by atoms with Crippen molar-refractivity contribution in [1.29, 1.82) is 0 Å². The summed E-state index contributed by atoms with van der Waals surface area (Å²) in [6, 6.07) is 4.73. The van der Waals surface area contributed by atoms with Crippen molar-refractivity contribution < 1.29 is 4.42 Å². The summed E-state index contributed by atoms with van der Waals surface area (Å²) in [6.45, 7) is 4.00. The zero-order chi connectivity index (χ0) is 12.4. The van der Waals surface area contributed by atoms with E-state index in [1.54, 1.807) is 17.6 Å². The Morgan fingerprint density at radius 2 is 2.33 bits per heavy atom. The van der Waals surface area contributed by atoms with E-state index in [1.807, 2.05) is 12.1 Å². The molecule has 0 radical (unpaired) electrons. The standard InChI is InChI=1S/C14H18N2OS/c1-2-14-15-11(10-18-14)8-16(12-5-6-12)9-13-4-3-7-17-13/h3-4,7,10,12H,2,5-6,8-9H2,1H3. The van der Waals surface area contributed by atoms with Crippen molar-refractivity contribution in [3.63, 3.8) is 0 Å². The van der Waals surface area contributed by atoms with E-state index < -0.39 is 0 Å². The minimum atomic E-state index is 0.724. The first-order chi connectivity index (χ1) is 8.85. The molecule has 2 aromatic rings. The van der Waals surface area contributed by atoms with Gasteiger partial charge in [-0.1, -0.05) is 6.92 Å². The van der Waals surface area contributed by atoms with Gasteiger partial charge < -0.3 is 4.42 Å². The van der Waals surface area contributed by atoms with Gasteiger partial charge in [0.25, 0.3) is 0 Å². The van der Waals surface area contributed by atoms with E-state index in [2.05, 4.69) is 22.2 Å². The molecule has 0 unspecified atom stereocenters. The molecule has 4 heteroatoms. The Labute approximate surface area is 111 Å². The van der Waals surface area contributed by atoms with Crippen LogP contribution in [0.25, 0.3) is 0 Å². The fourth-order valence-electron chi connectivity index (χ4n) is 2.15. The molecular weight excluding hydrogens is 244 g/mol. The molecule has 0 bridgehead atoms. The maximum Gasteiger partial charge on any atom is 0.117 e. The lowest BCUT2D eigenvalue weighted by Gasteiger charge is -2.19. The number of thiazole rings is 1. The number of aromatic nitrogens is 1. The fraction of sp³-hybridized carbons (Fsp3) is 0.500. The van der Waals surface area contributed by atoms with E-state index in [4.69, 9.17) is 4.42 Å². The van der Waals surface area contributed by atoms with Gasteiger partial charge >= 0.3 is 0 Å². The summed E-state index contributed by atoms with van der Waals surface area (Å²) in [5.74, 6) is 1.05. The van der Waals surface area contributed by atoms with Gasteiger partial charge in [0.05, 0.1) is 23.5 Å². The molecule has 1 aliphatic carbocycles. The lowest BCUT2D eigenvalue weighted by Crippen LogP contribution is -2.25. The first kappa shape index (κ1) is 11.9. The minimum absolute atomic E-state index is 0.724. The van der Waals surface area contributed by atoms with Crippen molar-refractivity contribution >= 4 is 11.3 Å². The molecule has 0 spiro atoms. The molecule has 1 fully saturated rings. The van der Waals surface area contributed by atoms with Gasteiger partial charge in [0.1, 0.15) is 5.76 Å². The molecule has 96 valence electrons. The third-order valence-corrected chi connectivity index (χ3v) is 4.31. The Kier molecular flexibility index (Phi) is 3.48. The quantitative estimate of drug-likeness (QED) is 0.798. The van der Waals surface area contributed by atoms with Crippen LogP contribution in [-0.4, -0.2) is 15.9 Å². The number of aryl methyl sites for hydroxylation is 1. The van der Waals surface area contributed by atoms with Crippen LogP contribution in [0.4, 0.5) is 0 Å². The minimum Gasteiger partial charge on any atom is -0.468 e. The van der Waals surface area contributed by atoms with Crippen LogP contribution in [0.3, 0.4) is 0 Å². The normalized spacial score (nSPS) is 15.4. The molecule has 0 atom stereocenters. The van der Waals surface area contributed by atoms with Crippen LogP contribution in [0.1, 0.15) is 36.2 Å². The molecule has 1 aliphatic rings. The SMILES string of the molecule is CCc1nc(CN(Cc2ccco2)C2CC2)cs1. The number of hydrogen-bond donors (Lipinski definition) is 0. The summed E-state index contributed by atoms with van der Waals surface area (Å²) < 4.78 is 5.45. The van der Waals surface area contributed by atoms with Crippen LogP contribution >= 0.6 is 11.3 Å². The smallest absolute Gasteiger partial charge is 0.117 e. The van der Waals surface area contributed by atoms with Gasteiger partial charge in [0, 0.05) is 18.0 Å². The third-order valence-electron chi connectivity index (χ3n) is 3.27. The molecular formula is C14H18N2OS. The first-order valence-corrected chi connectivity index (χ1v) is 7.43. The van der Waals surface area contributed by atoms with Gasteiger partial charge in [0.15, 0.2) is 0 Å². The molecule has 3 nitrogen and oxygen atoms in total. The Morgan fingerprint density at radius 1 is 1.44 bits per heavy atom. The maximum atomic E-state index is 5.45. The molecule has 0 aliphatic heterocycles. The highest BCUT2D eigenvalue weighted by Gasteiger charge is 2.29. The second-order valence-corrected chi connectivity index (χ2v) is 5.74. The highest BCUT2D eigenvalue weighted by atomic mass is 32.1. The predicted molar refractivity (Wildman–Crippen MR) is 72.5 cm³/mol. The lowest BCUT2D eigenvalue weighted by molar-refractivity contribution is 0.223. The number of hydrogen-bond acceptors (Lipinski definition) is 4. The van der Waals surface area contributed by atoms with E-state index in [1.165, 1.54) is 23.5 Å². The molecule has 18 heavy (non-hydrogen) atoms. The lowest BCUT2D eigenvalue weighted by atomic mass is 10.3. The number of nitrogens with zero attached hydrogens (tertiary/aromatic N) is 2. The van der Waals surface area contributed by atoms with Crippen LogP contribution in [0.2, 0.25) is 0 Å². The van der Waals surface area contributed by atoms with Crippen LogP contribution in [0.5, 0.6) is 0 Å². The summed E-state index contributed by atoms with van der Waals surface area (Å²) in [4.78, 5) is 7.13. The Balaban J connectivity index is 1.66. The largest absolute Gasteiger partial charge is 0.468 e. The summed E-state index contributed by atoms with van der Waals surface area (Å²) in [7, 11) is 0. The van der Waals surface area contributed by atoms with Gasteiger partial charge in [-0.05, 0) is 31.4 Å². The van der Waals surface area contributed by atoms with Crippen molar-refractivity contribution in [2.45, 2.75) is 45.3 Å². The maximum absolute atomic E-state index is 5.45. The van der Waals surface area contributed by atoms with E-state index in [0.29, 0.717) is 0 Å². The zero-order valence-electron chi connectivity index (χ0n) is 10.6. The summed E-state index contributed by atoms with van der Waals surface area (Å²) in [6.07, 6.45) is 5.40. The second kappa shape index (κ2) is 5.24. The zero-order valence-corrected chi connectivity index (χ0v) is 11.4. The van der Waals surface area contributed by atoms with Gasteiger partial charge in [-0.3, -0.25) is 4.90 Å². The van der Waals surface area contributed by atoms with Crippen molar-refractivity contribution in [3.05, 3.63) is 40.2 Å². The fourth-order valence-corrected chi connectivity index (χ4v) is 2.88. The second-order valence-electron chi connectivity index (χ2n) is 4.80. The molecule has 0 amide bonds. The van der Waals surface area contributed by atoms with Crippen molar-refractivity contribution in [2.24, 2.45) is 0 Å². The predicted octanol–water partition coefficient (Wildman–Crippen LogP) is 3.46. The number of rotatable bonds is 6. The van der Waals surface area contributed by atoms with Crippen molar-refractivity contribution in [1.82, 2.24) is 9.88 Å². The van der Waals surface area contributed by atoms with Crippen molar-refractivity contribution in [3.8, 4) is 0 Å². The van der Waals surface area contributed by atoms with Crippen LogP contribution in [0.15, 0.2) is 28.2 Å². The average molecular weight is 262 g/mol. The van der Waals surface area contributed by atoms with E-state index in [0.717, 1.165) is 31.3 Å². The van der Waals surface area contributed by atoms with Crippen molar-refractivity contribution in [2.75, 3.05) is 0 Å². The molecule has 1 saturated carbocycles. The third kappa shape index (κ3) is 2.82. The van der Waals surface area contributed by atoms with Crippen LogP contribution in [-0.2, 0) is 19.5 Å². The molecule has 0 aromatic carbocycles. The summed E-state index contributed by atoms with van der Waals surface area (Å²) >= 11 is 1.77. The van der Waals surface area contributed by atoms with Gasteiger partial charge in [0.2, 0.25) is 0 Å². The van der Waals surface area contributed by atoms with E-state index >= 15 is 0 Å². The van der Waals surface area contributed by atoms with Gasteiger partial charge in [-0.25, -0.2) is 4.98 Å². The topological polar surface area (TPSA) is 29.3 Å². The Hall–Kier alpha value is -1.13. The first-order valence-electron chi connectivity index (χ1n) is 6.55. The van der Waals surface area contributed by atoms with Gasteiger partial charge in [-0.15, -0.1) is 11.3 Å². The molecule has 2 aromatic heterocycles. The van der Waals surface area contributed by atoms with E-state index in [-0.39, 0.29) is 0 Å². The summed E-state index contributed by atoms with van der Waals surface area (Å²) in [5.41, 5.74) is 1.20. The van der Waals surface area contributed by atoms with Crippen LogP contribution in [0, 0.1) is 0 Å².